The van der Waals surface area contributed by atoms with E-state index in [4.69, 9.17) is 0 Å². The van der Waals surface area contributed by atoms with Crippen LogP contribution in [0, 0.1) is 0 Å². The second-order valence-electron chi connectivity index (χ2n) is 7.28. The molecular weight excluding hydrogens is 358 g/mol. The van der Waals surface area contributed by atoms with Crippen LogP contribution in [0.1, 0.15) is 59.7 Å². The van der Waals surface area contributed by atoms with Crippen molar-refractivity contribution >= 4 is 23.6 Å². The van der Waals surface area contributed by atoms with Gasteiger partial charge in [0.05, 0.1) is 11.1 Å². The summed E-state index contributed by atoms with van der Waals surface area (Å²) >= 11 is 0. The number of fused-ring (bicyclic) bond motifs is 1. The summed E-state index contributed by atoms with van der Waals surface area (Å²) in [5, 5.41) is 0. The highest BCUT2D eigenvalue weighted by molar-refractivity contribution is 6.21. The molecule has 1 fully saturated rings. The first kappa shape index (κ1) is 20.0. The Hall–Kier alpha value is -2.70. The van der Waals surface area contributed by atoms with Crippen LogP contribution in [0.15, 0.2) is 24.3 Å². The lowest BCUT2D eigenvalue weighted by atomic mass is 10.1. The molecule has 0 unspecified atom stereocenters. The van der Waals surface area contributed by atoms with Gasteiger partial charge in [-0.3, -0.25) is 24.1 Å². The zero-order valence-corrected chi connectivity index (χ0v) is 16.4. The second-order valence-corrected chi connectivity index (χ2v) is 7.28. The van der Waals surface area contributed by atoms with Crippen molar-refractivity contribution in [3.63, 3.8) is 0 Å². The predicted molar refractivity (Wildman–Crippen MR) is 104 cm³/mol. The number of imide groups is 1. The van der Waals surface area contributed by atoms with E-state index < -0.39 is 0 Å². The molecule has 0 radical (unpaired) electrons. The van der Waals surface area contributed by atoms with Gasteiger partial charge in [-0.15, -0.1) is 0 Å². The molecule has 2 aliphatic heterocycles. The van der Waals surface area contributed by atoms with Gasteiger partial charge in [0.25, 0.3) is 11.8 Å². The fourth-order valence-corrected chi connectivity index (χ4v) is 3.68. The Morgan fingerprint density at radius 2 is 1.29 bits per heavy atom. The number of nitrogens with zero attached hydrogens (tertiary/aromatic N) is 3. The molecule has 0 spiro atoms. The topological polar surface area (TPSA) is 78.0 Å². The molecule has 3 rings (SSSR count). The normalized spacial score (nSPS) is 16.5. The molecule has 0 saturated carbocycles. The third kappa shape index (κ3) is 4.24. The van der Waals surface area contributed by atoms with Gasteiger partial charge in [-0.05, 0) is 25.0 Å². The predicted octanol–water partition coefficient (Wildman–Crippen LogP) is 1.92. The van der Waals surface area contributed by atoms with Crippen molar-refractivity contribution in [1.82, 2.24) is 14.7 Å². The van der Waals surface area contributed by atoms with Gasteiger partial charge in [0, 0.05) is 45.6 Å². The van der Waals surface area contributed by atoms with E-state index in [0.717, 1.165) is 12.8 Å². The van der Waals surface area contributed by atoms with Crippen LogP contribution in [0.25, 0.3) is 0 Å². The Morgan fingerprint density at radius 1 is 0.821 bits per heavy atom. The third-order valence-electron chi connectivity index (χ3n) is 5.38. The van der Waals surface area contributed by atoms with Crippen molar-refractivity contribution < 1.29 is 19.2 Å². The molecule has 7 nitrogen and oxygen atoms in total. The molecule has 150 valence electrons. The monoisotopic (exact) mass is 385 g/mol. The molecule has 1 saturated heterocycles. The van der Waals surface area contributed by atoms with Gasteiger partial charge < -0.3 is 9.80 Å². The van der Waals surface area contributed by atoms with Gasteiger partial charge in [0.1, 0.15) is 0 Å². The van der Waals surface area contributed by atoms with Crippen LogP contribution in [-0.4, -0.2) is 71.1 Å². The summed E-state index contributed by atoms with van der Waals surface area (Å²) in [6.45, 7) is 4.55. The van der Waals surface area contributed by atoms with Gasteiger partial charge in [-0.1, -0.05) is 25.5 Å². The van der Waals surface area contributed by atoms with E-state index in [1.54, 1.807) is 29.2 Å². The van der Waals surface area contributed by atoms with Crippen LogP contribution in [0.5, 0.6) is 0 Å². The molecule has 0 bridgehead atoms. The Balaban J connectivity index is 1.42. The molecule has 0 atom stereocenters. The van der Waals surface area contributed by atoms with Crippen LogP contribution < -0.4 is 0 Å². The quantitative estimate of drug-likeness (QED) is 0.672. The largest absolute Gasteiger partial charge is 0.339 e. The summed E-state index contributed by atoms with van der Waals surface area (Å²) < 4.78 is 0. The minimum Gasteiger partial charge on any atom is -0.339 e. The Morgan fingerprint density at radius 3 is 1.75 bits per heavy atom. The molecule has 0 aliphatic carbocycles. The molecule has 1 aromatic carbocycles. The maximum absolute atomic E-state index is 12.4. The van der Waals surface area contributed by atoms with E-state index in [1.807, 2.05) is 4.90 Å². The second kappa shape index (κ2) is 8.99. The van der Waals surface area contributed by atoms with Crippen molar-refractivity contribution in [3.05, 3.63) is 35.4 Å². The lowest BCUT2D eigenvalue weighted by molar-refractivity contribution is -0.139. The van der Waals surface area contributed by atoms with E-state index in [-0.39, 0.29) is 36.6 Å². The van der Waals surface area contributed by atoms with Crippen LogP contribution >= 0.6 is 0 Å². The summed E-state index contributed by atoms with van der Waals surface area (Å²) in [4.78, 5) is 54.0. The first-order valence-corrected chi connectivity index (χ1v) is 10.0. The van der Waals surface area contributed by atoms with Gasteiger partial charge >= 0.3 is 0 Å². The number of rotatable bonds is 7. The maximum Gasteiger partial charge on any atom is 0.261 e. The van der Waals surface area contributed by atoms with Gasteiger partial charge in [-0.25, -0.2) is 0 Å². The Labute approximate surface area is 165 Å². The smallest absolute Gasteiger partial charge is 0.261 e. The maximum atomic E-state index is 12.4. The SMILES string of the molecule is CCCCC(=O)N1CCN(C(=O)CCCN2C(=O)c3ccccc3C2=O)CC1. The molecule has 1 aromatic rings. The number of benzene rings is 1. The average Bonchev–Trinajstić information content (AvgIpc) is 2.97. The molecular formula is C21H27N3O4. The molecule has 4 amide bonds. The first-order valence-electron chi connectivity index (χ1n) is 10.0. The third-order valence-corrected chi connectivity index (χ3v) is 5.38. The highest BCUT2D eigenvalue weighted by Crippen LogP contribution is 2.22. The molecule has 7 heteroatoms. The molecule has 0 N–H and O–H groups in total. The van der Waals surface area contributed by atoms with E-state index in [1.165, 1.54) is 4.90 Å². The van der Waals surface area contributed by atoms with Crippen LogP contribution in [0.3, 0.4) is 0 Å². The molecule has 28 heavy (non-hydrogen) atoms. The summed E-state index contributed by atoms with van der Waals surface area (Å²) in [7, 11) is 0. The first-order chi connectivity index (χ1) is 13.5. The number of carbonyl (C=O) groups excluding carboxylic acids is 4. The summed E-state index contributed by atoms with van der Waals surface area (Å²) in [5.41, 5.74) is 0.866. The van der Waals surface area contributed by atoms with E-state index in [9.17, 15) is 19.2 Å². The van der Waals surface area contributed by atoms with Crippen molar-refractivity contribution in [2.75, 3.05) is 32.7 Å². The van der Waals surface area contributed by atoms with E-state index >= 15 is 0 Å². The highest BCUT2D eigenvalue weighted by atomic mass is 16.2. The zero-order valence-electron chi connectivity index (χ0n) is 16.4. The number of hydrogen-bond acceptors (Lipinski definition) is 4. The van der Waals surface area contributed by atoms with Crippen LogP contribution in [-0.2, 0) is 9.59 Å². The van der Waals surface area contributed by atoms with E-state index in [2.05, 4.69) is 6.92 Å². The van der Waals surface area contributed by atoms with Crippen molar-refractivity contribution in [3.8, 4) is 0 Å². The van der Waals surface area contributed by atoms with Gasteiger partial charge in [0.15, 0.2) is 0 Å². The van der Waals surface area contributed by atoms with Gasteiger partial charge in [-0.2, -0.15) is 0 Å². The average molecular weight is 385 g/mol. The zero-order chi connectivity index (χ0) is 20.1. The summed E-state index contributed by atoms with van der Waals surface area (Å²) in [6, 6.07) is 6.79. The molecule has 2 heterocycles. The van der Waals surface area contributed by atoms with Crippen LogP contribution in [0.4, 0.5) is 0 Å². The minimum absolute atomic E-state index is 0.0114. The van der Waals surface area contributed by atoms with Crippen molar-refractivity contribution in [2.24, 2.45) is 0 Å². The summed E-state index contributed by atoms with van der Waals surface area (Å²) in [6.07, 6.45) is 3.20. The number of hydrogen-bond donors (Lipinski definition) is 0. The van der Waals surface area contributed by atoms with Crippen LogP contribution in [0.2, 0.25) is 0 Å². The Kier molecular flexibility index (Phi) is 6.44. The number of carbonyl (C=O) groups is 4. The van der Waals surface area contributed by atoms with Crippen molar-refractivity contribution in [2.45, 2.75) is 39.0 Å². The fourth-order valence-electron chi connectivity index (χ4n) is 3.68. The standard InChI is InChI=1S/C21H27N3O4/c1-2-3-9-18(25)22-12-14-23(15-13-22)19(26)10-6-11-24-20(27)16-7-4-5-8-17(16)21(24)28/h4-5,7-8H,2-3,6,9-15H2,1H3. The number of unbranched alkanes of at least 4 members (excludes halogenated alkanes) is 1. The lowest BCUT2D eigenvalue weighted by Crippen LogP contribution is -2.50. The Bertz CT molecular complexity index is 734. The lowest BCUT2D eigenvalue weighted by Gasteiger charge is -2.35. The van der Waals surface area contributed by atoms with Gasteiger partial charge in [0.2, 0.25) is 11.8 Å². The van der Waals surface area contributed by atoms with E-state index in [0.29, 0.717) is 50.1 Å². The van der Waals surface area contributed by atoms with Crippen molar-refractivity contribution in [1.29, 1.82) is 0 Å². The fraction of sp³-hybridized carbons (Fsp3) is 0.524. The summed E-state index contributed by atoms with van der Waals surface area (Å²) in [5.74, 6) is -0.392. The number of amides is 4. The highest BCUT2D eigenvalue weighted by Gasteiger charge is 2.34. The minimum atomic E-state index is -0.285. The number of piperazine rings is 1. The molecule has 2 aliphatic rings. The molecule has 0 aromatic heterocycles.